The fourth-order valence-electron chi connectivity index (χ4n) is 1.65. The number of imide groups is 1. The number of nitrogens with zero attached hydrogens (tertiary/aromatic N) is 2. The molecule has 8 heteroatoms. The van der Waals surface area contributed by atoms with E-state index in [0.717, 1.165) is 4.90 Å². The van der Waals surface area contributed by atoms with Gasteiger partial charge in [-0.15, -0.1) is 0 Å². The fraction of sp³-hybridized carbons (Fsp3) is 0.167. The summed E-state index contributed by atoms with van der Waals surface area (Å²) >= 11 is 0. The highest BCUT2D eigenvalue weighted by atomic mass is 16.2. The van der Waals surface area contributed by atoms with Crippen LogP contribution in [0.3, 0.4) is 0 Å². The molecule has 2 heterocycles. The van der Waals surface area contributed by atoms with Crippen molar-refractivity contribution in [3.8, 4) is 0 Å². The van der Waals surface area contributed by atoms with E-state index in [1.54, 1.807) is 12.1 Å². The molecular formula is C12H13N5O3. The third-order valence-corrected chi connectivity index (χ3v) is 2.70. The van der Waals surface area contributed by atoms with Crippen molar-refractivity contribution in [2.45, 2.75) is 0 Å². The number of hydrogen-bond acceptors (Lipinski definition) is 6. The lowest BCUT2D eigenvalue weighted by Crippen LogP contribution is -2.38. The SMILES string of the molecule is NNc1ccc(C(=O)NCCN2C(=O)C=CC2=O)cn1. The molecule has 1 aromatic rings. The summed E-state index contributed by atoms with van der Waals surface area (Å²) in [5.41, 5.74) is 2.71. The van der Waals surface area contributed by atoms with E-state index >= 15 is 0 Å². The van der Waals surface area contributed by atoms with Gasteiger partial charge in [-0.25, -0.2) is 10.8 Å². The van der Waals surface area contributed by atoms with Crippen LogP contribution >= 0.6 is 0 Å². The Bertz CT molecular complexity index is 549. The van der Waals surface area contributed by atoms with Crippen LogP contribution in [0.25, 0.3) is 0 Å². The maximum atomic E-state index is 11.8. The number of anilines is 1. The topological polar surface area (TPSA) is 117 Å². The molecule has 0 spiro atoms. The second-order valence-electron chi connectivity index (χ2n) is 3.99. The summed E-state index contributed by atoms with van der Waals surface area (Å²) in [5, 5.41) is 2.60. The van der Waals surface area contributed by atoms with Gasteiger partial charge in [-0.1, -0.05) is 0 Å². The van der Waals surface area contributed by atoms with Crippen molar-refractivity contribution < 1.29 is 14.4 Å². The lowest BCUT2D eigenvalue weighted by molar-refractivity contribution is -0.136. The number of nitrogen functional groups attached to an aromatic ring is 1. The molecule has 1 aliphatic heterocycles. The summed E-state index contributed by atoms with van der Waals surface area (Å²) in [6.45, 7) is 0.307. The van der Waals surface area contributed by atoms with Gasteiger partial charge in [0.2, 0.25) is 0 Å². The number of nitrogens with two attached hydrogens (primary N) is 1. The summed E-state index contributed by atoms with van der Waals surface area (Å²) in [5.74, 6) is 4.53. The summed E-state index contributed by atoms with van der Waals surface area (Å²) in [7, 11) is 0. The van der Waals surface area contributed by atoms with Gasteiger partial charge in [-0.2, -0.15) is 0 Å². The van der Waals surface area contributed by atoms with E-state index in [4.69, 9.17) is 5.84 Å². The van der Waals surface area contributed by atoms with Crippen molar-refractivity contribution in [1.29, 1.82) is 0 Å². The largest absolute Gasteiger partial charge is 0.350 e. The number of nitrogens with one attached hydrogen (secondary N) is 2. The van der Waals surface area contributed by atoms with Gasteiger partial charge in [0.25, 0.3) is 17.7 Å². The third kappa shape index (κ3) is 2.98. The lowest BCUT2D eigenvalue weighted by Gasteiger charge is -2.13. The van der Waals surface area contributed by atoms with Crippen molar-refractivity contribution >= 4 is 23.5 Å². The van der Waals surface area contributed by atoms with Crippen LogP contribution in [0, 0.1) is 0 Å². The van der Waals surface area contributed by atoms with Crippen LogP contribution < -0.4 is 16.6 Å². The van der Waals surface area contributed by atoms with Gasteiger partial charge in [-0.3, -0.25) is 19.3 Å². The smallest absolute Gasteiger partial charge is 0.253 e. The molecule has 0 saturated carbocycles. The van der Waals surface area contributed by atoms with Crippen LogP contribution in [0.15, 0.2) is 30.5 Å². The maximum absolute atomic E-state index is 11.8. The van der Waals surface area contributed by atoms with E-state index in [1.165, 1.54) is 18.3 Å². The Labute approximate surface area is 114 Å². The Morgan fingerprint density at radius 2 is 1.95 bits per heavy atom. The Morgan fingerprint density at radius 3 is 2.50 bits per heavy atom. The highest BCUT2D eigenvalue weighted by molar-refractivity contribution is 6.12. The Balaban J connectivity index is 1.83. The highest BCUT2D eigenvalue weighted by Crippen LogP contribution is 2.04. The van der Waals surface area contributed by atoms with Crippen LogP contribution in [-0.4, -0.2) is 40.7 Å². The van der Waals surface area contributed by atoms with Crippen LogP contribution in [0.5, 0.6) is 0 Å². The molecule has 20 heavy (non-hydrogen) atoms. The first kappa shape index (κ1) is 13.7. The minimum Gasteiger partial charge on any atom is -0.350 e. The van der Waals surface area contributed by atoms with E-state index in [9.17, 15) is 14.4 Å². The molecule has 0 radical (unpaired) electrons. The number of hydrazine groups is 1. The number of pyridine rings is 1. The molecule has 0 atom stereocenters. The first-order valence-electron chi connectivity index (χ1n) is 5.86. The molecule has 0 unspecified atom stereocenters. The van der Waals surface area contributed by atoms with E-state index in [-0.39, 0.29) is 30.8 Å². The molecule has 8 nitrogen and oxygen atoms in total. The second kappa shape index (κ2) is 5.93. The average Bonchev–Trinajstić information content (AvgIpc) is 2.79. The average molecular weight is 275 g/mol. The number of aromatic nitrogens is 1. The first-order valence-corrected chi connectivity index (χ1v) is 5.86. The molecule has 0 saturated heterocycles. The first-order chi connectivity index (χ1) is 9.61. The summed E-state index contributed by atoms with van der Waals surface area (Å²) < 4.78 is 0. The molecule has 0 aliphatic carbocycles. The van der Waals surface area contributed by atoms with Gasteiger partial charge in [0.15, 0.2) is 0 Å². The fourth-order valence-corrected chi connectivity index (χ4v) is 1.65. The minimum absolute atomic E-state index is 0.131. The lowest BCUT2D eigenvalue weighted by atomic mass is 10.2. The van der Waals surface area contributed by atoms with Crippen LogP contribution in [0.1, 0.15) is 10.4 Å². The quantitative estimate of drug-likeness (QED) is 0.361. The Kier molecular flexibility index (Phi) is 4.06. The molecule has 1 aliphatic rings. The summed E-state index contributed by atoms with van der Waals surface area (Å²) in [6, 6.07) is 3.12. The zero-order chi connectivity index (χ0) is 14.5. The van der Waals surface area contributed by atoms with Gasteiger partial charge in [-0.05, 0) is 12.1 Å². The number of hydrogen-bond donors (Lipinski definition) is 3. The maximum Gasteiger partial charge on any atom is 0.253 e. The Morgan fingerprint density at radius 1 is 1.25 bits per heavy atom. The van der Waals surface area contributed by atoms with Crippen LogP contribution in [0.2, 0.25) is 0 Å². The Hall–Kier alpha value is -2.74. The molecule has 0 bridgehead atoms. The molecule has 104 valence electrons. The number of rotatable bonds is 5. The number of carbonyl (C=O) groups is 3. The zero-order valence-electron chi connectivity index (χ0n) is 10.5. The monoisotopic (exact) mass is 275 g/mol. The van der Waals surface area contributed by atoms with Crippen LogP contribution in [0.4, 0.5) is 5.82 Å². The molecule has 1 aromatic heterocycles. The third-order valence-electron chi connectivity index (χ3n) is 2.70. The number of carbonyl (C=O) groups excluding carboxylic acids is 3. The molecule has 2 rings (SSSR count). The normalized spacial score (nSPS) is 13.8. The van der Waals surface area contributed by atoms with Gasteiger partial charge in [0.1, 0.15) is 5.82 Å². The number of amides is 3. The highest BCUT2D eigenvalue weighted by Gasteiger charge is 2.22. The molecule has 0 fully saturated rings. The van der Waals surface area contributed by atoms with Crippen molar-refractivity contribution in [3.05, 3.63) is 36.0 Å². The summed E-state index contributed by atoms with van der Waals surface area (Å²) in [4.78, 5) is 39.3. The van der Waals surface area contributed by atoms with Crippen molar-refractivity contribution in [2.75, 3.05) is 18.5 Å². The van der Waals surface area contributed by atoms with Gasteiger partial charge in [0, 0.05) is 31.4 Å². The van der Waals surface area contributed by atoms with Crippen molar-refractivity contribution in [2.24, 2.45) is 5.84 Å². The molecular weight excluding hydrogens is 262 g/mol. The van der Waals surface area contributed by atoms with E-state index < -0.39 is 0 Å². The predicted octanol–water partition coefficient (Wildman–Crippen LogP) is -0.978. The van der Waals surface area contributed by atoms with Gasteiger partial charge in [0.05, 0.1) is 5.56 Å². The van der Waals surface area contributed by atoms with Gasteiger partial charge >= 0.3 is 0 Å². The predicted molar refractivity (Wildman–Crippen MR) is 70.2 cm³/mol. The van der Waals surface area contributed by atoms with Gasteiger partial charge < -0.3 is 10.7 Å². The zero-order valence-corrected chi connectivity index (χ0v) is 10.5. The van der Waals surface area contributed by atoms with E-state index in [0.29, 0.717) is 11.4 Å². The molecule has 4 N–H and O–H groups in total. The van der Waals surface area contributed by atoms with Crippen LogP contribution in [-0.2, 0) is 9.59 Å². The summed E-state index contributed by atoms with van der Waals surface area (Å²) in [6.07, 6.45) is 3.78. The van der Waals surface area contributed by atoms with E-state index in [2.05, 4.69) is 15.7 Å². The van der Waals surface area contributed by atoms with Crippen molar-refractivity contribution in [1.82, 2.24) is 15.2 Å². The standard InChI is InChI=1S/C12H13N5O3/c13-16-9-2-1-8(7-15-9)12(20)14-5-6-17-10(18)3-4-11(17)19/h1-4,7H,5-6,13H2,(H,14,20)(H,15,16). The molecule has 0 aromatic carbocycles. The minimum atomic E-state index is -0.371. The van der Waals surface area contributed by atoms with Crippen molar-refractivity contribution in [3.63, 3.8) is 0 Å². The molecule has 3 amide bonds. The second-order valence-corrected chi connectivity index (χ2v) is 3.99. The van der Waals surface area contributed by atoms with E-state index in [1.807, 2.05) is 0 Å².